The highest BCUT2D eigenvalue weighted by molar-refractivity contribution is 5.74. The van der Waals surface area contributed by atoms with E-state index in [-0.39, 0.29) is 5.75 Å². The van der Waals surface area contributed by atoms with Gasteiger partial charge in [-0.2, -0.15) is 5.10 Å². The van der Waals surface area contributed by atoms with Gasteiger partial charge >= 0.3 is 0 Å². The van der Waals surface area contributed by atoms with Crippen molar-refractivity contribution >= 4 is 0 Å². The van der Waals surface area contributed by atoms with E-state index in [0.29, 0.717) is 0 Å². The largest absolute Gasteiger partial charge is 0.507 e. The molecule has 0 atom stereocenters. The number of para-hydroxylation sites is 1. The molecule has 1 heterocycles. The van der Waals surface area contributed by atoms with Gasteiger partial charge < -0.3 is 5.11 Å². The quantitative estimate of drug-likeness (QED) is 0.560. The van der Waals surface area contributed by atoms with Crippen molar-refractivity contribution in [1.29, 1.82) is 0 Å². The summed E-state index contributed by atoms with van der Waals surface area (Å²) in [5.74, 6) is 0.261. The van der Waals surface area contributed by atoms with Crippen LogP contribution in [0.4, 0.5) is 0 Å². The molecule has 0 aliphatic heterocycles. The second-order valence-corrected chi connectivity index (χ2v) is 6.05. The summed E-state index contributed by atoms with van der Waals surface area (Å²) in [6.45, 7) is 1.97. The summed E-state index contributed by atoms with van der Waals surface area (Å²) < 4.78 is 1.88. The maximum atomic E-state index is 10.5. The van der Waals surface area contributed by atoms with Crippen molar-refractivity contribution in [2.75, 3.05) is 0 Å². The number of hydrogen-bond acceptors (Lipinski definition) is 2. The zero-order chi connectivity index (χ0) is 17.2. The molecule has 4 aromatic rings. The molecule has 122 valence electrons. The molecule has 1 N–H and O–H groups in total. The standard InChI is InChI=1S/C22H18N2O/c1-16-12-13-19(22(25)14-16)21-15-20(17-8-4-2-5-9-17)23-24(21)18-10-6-3-7-11-18/h2-15,25H,1H3. The van der Waals surface area contributed by atoms with Crippen molar-refractivity contribution in [1.82, 2.24) is 9.78 Å². The van der Waals surface area contributed by atoms with Crippen molar-refractivity contribution in [2.45, 2.75) is 6.92 Å². The van der Waals surface area contributed by atoms with Crippen LogP contribution in [0.15, 0.2) is 84.9 Å². The second kappa shape index (κ2) is 6.29. The molecule has 0 aliphatic rings. The number of nitrogens with zero attached hydrogens (tertiary/aromatic N) is 2. The second-order valence-electron chi connectivity index (χ2n) is 6.05. The minimum atomic E-state index is 0.261. The molecule has 0 aliphatic carbocycles. The molecule has 0 unspecified atom stereocenters. The molecular formula is C22H18N2O. The third-order valence-corrected chi connectivity index (χ3v) is 4.21. The lowest BCUT2D eigenvalue weighted by Gasteiger charge is -2.09. The highest BCUT2D eigenvalue weighted by Crippen LogP contribution is 2.34. The van der Waals surface area contributed by atoms with Gasteiger partial charge in [0.2, 0.25) is 0 Å². The fraction of sp³-hybridized carbons (Fsp3) is 0.0455. The van der Waals surface area contributed by atoms with Crippen LogP contribution >= 0.6 is 0 Å². The molecule has 0 saturated heterocycles. The van der Waals surface area contributed by atoms with Crippen LogP contribution in [0, 0.1) is 6.92 Å². The van der Waals surface area contributed by atoms with Gasteiger partial charge in [-0.3, -0.25) is 0 Å². The summed E-state index contributed by atoms with van der Waals surface area (Å²) in [5, 5.41) is 15.3. The maximum Gasteiger partial charge on any atom is 0.125 e. The number of phenolic OH excluding ortho intramolecular Hbond substituents is 1. The van der Waals surface area contributed by atoms with E-state index >= 15 is 0 Å². The lowest BCUT2D eigenvalue weighted by atomic mass is 10.1. The Morgan fingerprint density at radius 1 is 0.800 bits per heavy atom. The molecule has 0 fully saturated rings. The molecule has 3 heteroatoms. The van der Waals surface area contributed by atoms with Crippen LogP contribution in [0.1, 0.15) is 5.56 Å². The topological polar surface area (TPSA) is 38.0 Å². The Labute approximate surface area is 146 Å². The van der Waals surface area contributed by atoms with Gasteiger partial charge in [-0.1, -0.05) is 54.6 Å². The number of hydrogen-bond donors (Lipinski definition) is 1. The van der Waals surface area contributed by atoms with Gasteiger partial charge in [0.25, 0.3) is 0 Å². The van der Waals surface area contributed by atoms with E-state index in [1.165, 1.54) is 0 Å². The Morgan fingerprint density at radius 3 is 2.16 bits per heavy atom. The van der Waals surface area contributed by atoms with E-state index in [9.17, 15) is 5.11 Å². The van der Waals surface area contributed by atoms with Crippen LogP contribution in [0.5, 0.6) is 5.75 Å². The number of aromatic hydroxyl groups is 1. The summed E-state index contributed by atoms with van der Waals surface area (Å²) in [7, 11) is 0. The molecule has 0 radical (unpaired) electrons. The highest BCUT2D eigenvalue weighted by atomic mass is 16.3. The monoisotopic (exact) mass is 326 g/mol. The predicted octanol–water partition coefficient (Wildman–Crippen LogP) is 5.22. The van der Waals surface area contributed by atoms with Crippen LogP contribution in [-0.2, 0) is 0 Å². The lowest BCUT2D eigenvalue weighted by Crippen LogP contribution is -1.99. The Bertz CT molecular complexity index is 1000. The lowest BCUT2D eigenvalue weighted by molar-refractivity contribution is 0.476. The van der Waals surface area contributed by atoms with E-state index in [2.05, 4.69) is 0 Å². The molecule has 1 aromatic heterocycles. The van der Waals surface area contributed by atoms with Crippen LogP contribution in [0.25, 0.3) is 28.2 Å². The fourth-order valence-electron chi connectivity index (χ4n) is 2.95. The molecule has 0 saturated carbocycles. The van der Waals surface area contributed by atoms with Crippen LogP contribution in [0.3, 0.4) is 0 Å². The first-order valence-electron chi connectivity index (χ1n) is 8.23. The minimum absolute atomic E-state index is 0.261. The van der Waals surface area contributed by atoms with Gasteiger partial charge in [0.1, 0.15) is 5.75 Å². The fourth-order valence-corrected chi connectivity index (χ4v) is 2.95. The number of phenols is 1. The number of rotatable bonds is 3. The van der Waals surface area contributed by atoms with Gasteiger partial charge in [-0.25, -0.2) is 4.68 Å². The van der Waals surface area contributed by atoms with Gasteiger partial charge in [0.05, 0.1) is 17.1 Å². The maximum absolute atomic E-state index is 10.5. The minimum Gasteiger partial charge on any atom is -0.507 e. The number of aromatic nitrogens is 2. The first kappa shape index (κ1) is 15.2. The third-order valence-electron chi connectivity index (χ3n) is 4.21. The molecule has 25 heavy (non-hydrogen) atoms. The SMILES string of the molecule is Cc1ccc(-c2cc(-c3ccccc3)nn2-c2ccccc2)c(O)c1. The summed E-state index contributed by atoms with van der Waals surface area (Å²) in [6.07, 6.45) is 0. The summed E-state index contributed by atoms with van der Waals surface area (Å²) in [4.78, 5) is 0. The summed E-state index contributed by atoms with van der Waals surface area (Å²) in [5.41, 5.74) is 5.53. The van der Waals surface area contributed by atoms with Crippen LogP contribution in [0.2, 0.25) is 0 Å². The zero-order valence-corrected chi connectivity index (χ0v) is 13.9. The van der Waals surface area contributed by atoms with E-state index in [1.807, 2.05) is 90.5 Å². The average Bonchev–Trinajstić information content (AvgIpc) is 3.08. The predicted molar refractivity (Wildman–Crippen MR) is 101 cm³/mol. The van der Waals surface area contributed by atoms with Gasteiger partial charge in [-0.15, -0.1) is 0 Å². The molecule has 4 rings (SSSR count). The van der Waals surface area contributed by atoms with Crippen LogP contribution < -0.4 is 0 Å². The van der Waals surface area contributed by atoms with Crippen molar-refractivity contribution < 1.29 is 5.11 Å². The summed E-state index contributed by atoms with van der Waals surface area (Å²) in [6, 6.07) is 27.8. The Morgan fingerprint density at radius 2 is 1.48 bits per heavy atom. The van der Waals surface area contributed by atoms with Crippen LogP contribution in [-0.4, -0.2) is 14.9 Å². The number of aryl methyl sites for hydroxylation is 1. The van der Waals surface area contributed by atoms with E-state index in [1.54, 1.807) is 6.07 Å². The molecular weight excluding hydrogens is 308 g/mol. The van der Waals surface area contributed by atoms with E-state index in [4.69, 9.17) is 5.10 Å². The number of benzene rings is 3. The van der Waals surface area contributed by atoms with Gasteiger partial charge in [-0.05, 0) is 42.8 Å². The first-order valence-corrected chi connectivity index (χ1v) is 8.23. The smallest absolute Gasteiger partial charge is 0.125 e. The normalized spacial score (nSPS) is 10.8. The first-order chi connectivity index (χ1) is 12.2. The zero-order valence-electron chi connectivity index (χ0n) is 13.9. The van der Waals surface area contributed by atoms with Crippen molar-refractivity contribution in [3.05, 3.63) is 90.5 Å². The Balaban J connectivity index is 1.94. The van der Waals surface area contributed by atoms with Crippen molar-refractivity contribution in [2.24, 2.45) is 0 Å². The van der Waals surface area contributed by atoms with Crippen molar-refractivity contribution in [3.63, 3.8) is 0 Å². The summed E-state index contributed by atoms with van der Waals surface area (Å²) >= 11 is 0. The molecule has 0 bridgehead atoms. The molecule has 3 aromatic carbocycles. The van der Waals surface area contributed by atoms with E-state index in [0.717, 1.165) is 33.8 Å². The third kappa shape index (κ3) is 2.92. The molecule has 3 nitrogen and oxygen atoms in total. The Kier molecular flexibility index (Phi) is 3.82. The Hall–Kier alpha value is -3.33. The van der Waals surface area contributed by atoms with Gasteiger partial charge in [0.15, 0.2) is 0 Å². The molecule has 0 amide bonds. The molecule has 0 spiro atoms. The van der Waals surface area contributed by atoms with E-state index < -0.39 is 0 Å². The highest BCUT2D eigenvalue weighted by Gasteiger charge is 2.15. The van der Waals surface area contributed by atoms with Crippen molar-refractivity contribution in [3.8, 4) is 34.0 Å². The average molecular weight is 326 g/mol. The van der Waals surface area contributed by atoms with Gasteiger partial charge in [0, 0.05) is 11.1 Å².